The summed E-state index contributed by atoms with van der Waals surface area (Å²) in [6, 6.07) is 0. The van der Waals surface area contributed by atoms with Crippen molar-refractivity contribution in [2.75, 3.05) is 0 Å². The van der Waals surface area contributed by atoms with Crippen molar-refractivity contribution in [2.24, 2.45) is 50.7 Å². The molecule has 0 aromatic heterocycles. The second-order valence-corrected chi connectivity index (χ2v) is 12.7. The largest absolute Gasteiger partial charge is 0.299 e. The minimum atomic E-state index is -0.110. The third kappa shape index (κ3) is 2.15. The van der Waals surface area contributed by atoms with E-state index in [1.165, 1.54) is 51.4 Å². The first-order chi connectivity index (χ1) is 13.6. The van der Waals surface area contributed by atoms with E-state index < -0.39 is 0 Å². The van der Waals surface area contributed by atoms with Crippen LogP contribution < -0.4 is 0 Å². The summed E-state index contributed by atoms with van der Waals surface area (Å²) >= 11 is 0. The molecular weight excluding hydrogens is 356 g/mol. The maximum absolute atomic E-state index is 12.8. The number of carbonyl (C=O) groups excluding carboxylic acids is 2. The lowest BCUT2D eigenvalue weighted by Gasteiger charge is -2.62. The van der Waals surface area contributed by atoms with Crippen molar-refractivity contribution in [3.05, 3.63) is 12.2 Å². The molecule has 0 aromatic carbocycles. The highest BCUT2D eigenvalue weighted by Gasteiger charge is 2.82. The van der Waals surface area contributed by atoms with E-state index in [4.69, 9.17) is 0 Å². The van der Waals surface area contributed by atoms with Crippen LogP contribution in [0.25, 0.3) is 0 Å². The lowest BCUT2D eigenvalue weighted by molar-refractivity contribution is -0.156. The summed E-state index contributed by atoms with van der Waals surface area (Å²) in [6.07, 6.45) is 16.2. The molecule has 5 aliphatic carbocycles. The Hall–Kier alpha value is -0.920. The molecule has 0 aliphatic heterocycles. The molecule has 0 radical (unpaired) electrons. The molecule has 160 valence electrons. The quantitative estimate of drug-likeness (QED) is 0.409. The maximum atomic E-state index is 12.8. The van der Waals surface area contributed by atoms with Gasteiger partial charge in [0.15, 0.2) is 0 Å². The Bertz CT molecular complexity index is 779. The number of carbonyl (C=O) groups is 2. The molecule has 0 aromatic rings. The molecule has 0 unspecified atom stereocenters. The van der Waals surface area contributed by atoms with E-state index in [0.29, 0.717) is 45.2 Å². The van der Waals surface area contributed by atoms with Crippen molar-refractivity contribution in [3.8, 4) is 0 Å². The minimum absolute atomic E-state index is 0.110. The predicted molar refractivity (Wildman–Crippen MR) is 116 cm³/mol. The number of hydrogen-bond donors (Lipinski definition) is 0. The first-order valence-corrected chi connectivity index (χ1v) is 12.2. The zero-order valence-corrected chi connectivity index (χ0v) is 19.2. The number of ketones is 1. The molecule has 2 nitrogen and oxygen atoms in total. The maximum Gasteiger partial charge on any atom is 0.142 e. The molecule has 0 heterocycles. The van der Waals surface area contributed by atoms with Crippen molar-refractivity contribution in [2.45, 2.75) is 92.4 Å². The number of Topliss-reactive ketones (excluding diaryl/α,β-unsaturated/α-hetero) is 1. The second kappa shape index (κ2) is 5.86. The summed E-state index contributed by atoms with van der Waals surface area (Å²) in [4.78, 5) is 23.6. The molecule has 0 N–H and O–H groups in total. The average Bonchev–Trinajstić information content (AvgIpc) is 3.26. The highest BCUT2D eigenvalue weighted by atomic mass is 16.1. The van der Waals surface area contributed by atoms with Crippen LogP contribution in [0.2, 0.25) is 0 Å². The van der Waals surface area contributed by atoms with Gasteiger partial charge in [-0.25, -0.2) is 0 Å². The molecular formula is C27H40O2. The highest BCUT2D eigenvalue weighted by molar-refractivity contribution is 5.86. The van der Waals surface area contributed by atoms with Gasteiger partial charge in [-0.2, -0.15) is 0 Å². The van der Waals surface area contributed by atoms with Gasteiger partial charge in [-0.15, -0.1) is 0 Å². The number of fused-ring (bicyclic) bond motifs is 2. The van der Waals surface area contributed by atoms with Crippen molar-refractivity contribution in [3.63, 3.8) is 0 Å². The van der Waals surface area contributed by atoms with Crippen LogP contribution in [-0.2, 0) is 9.59 Å². The Labute approximate surface area is 177 Å². The third-order valence-corrected chi connectivity index (χ3v) is 12.0. The van der Waals surface area contributed by atoms with Crippen LogP contribution in [0.5, 0.6) is 0 Å². The summed E-state index contributed by atoms with van der Waals surface area (Å²) in [5.74, 6) is 3.15. The van der Waals surface area contributed by atoms with Crippen LogP contribution >= 0.6 is 0 Å². The first-order valence-electron chi connectivity index (χ1n) is 12.2. The van der Waals surface area contributed by atoms with Gasteiger partial charge < -0.3 is 0 Å². The van der Waals surface area contributed by atoms with Gasteiger partial charge in [0.05, 0.1) is 0 Å². The van der Waals surface area contributed by atoms with Gasteiger partial charge in [-0.3, -0.25) is 9.59 Å². The summed E-state index contributed by atoms with van der Waals surface area (Å²) in [5.41, 5.74) is 1.68. The van der Waals surface area contributed by atoms with E-state index in [9.17, 15) is 9.59 Å². The van der Waals surface area contributed by atoms with Crippen LogP contribution in [0, 0.1) is 50.7 Å². The molecule has 2 spiro atoms. The fourth-order valence-corrected chi connectivity index (χ4v) is 10.4. The Morgan fingerprint density at radius 1 is 0.897 bits per heavy atom. The van der Waals surface area contributed by atoms with Crippen molar-refractivity contribution < 1.29 is 9.59 Å². The zero-order chi connectivity index (χ0) is 20.9. The van der Waals surface area contributed by atoms with E-state index in [0.717, 1.165) is 18.6 Å². The zero-order valence-electron chi connectivity index (χ0n) is 19.2. The number of rotatable bonds is 3. The van der Waals surface area contributed by atoms with Gasteiger partial charge in [-0.1, -0.05) is 40.7 Å². The van der Waals surface area contributed by atoms with Gasteiger partial charge in [-0.05, 0) is 103 Å². The van der Waals surface area contributed by atoms with Gasteiger partial charge in [0.25, 0.3) is 0 Å². The SMILES string of the molecule is C[C@H](/C=C/C=O)[C@H]1CC[C@@]2(C)[C@H]3CC[C@H]4C(C)(C)C(=O)CC[C@@]45C[C@@]35CC[C@]12C. The third-order valence-electron chi connectivity index (χ3n) is 12.0. The Kier molecular flexibility index (Phi) is 4.04. The second-order valence-electron chi connectivity index (χ2n) is 12.7. The Morgan fingerprint density at radius 2 is 1.59 bits per heavy atom. The normalized spacial score (nSPS) is 53.6. The van der Waals surface area contributed by atoms with Crippen LogP contribution in [0.4, 0.5) is 0 Å². The smallest absolute Gasteiger partial charge is 0.142 e. The first kappa shape index (κ1) is 20.0. The van der Waals surface area contributed by atoms with Gasteiger partial charge >= 0.3 is 0 Å². The fourth-order valence-electron chi connectivity index (χ4n) is 10.4. The van der Waals surface area contributed by atoms with E-state index in [1.807, 2.05) is 0 Å². The molecule has 5 fully saturated rings. The lowest BCUT2D eigenvalue weighted by Crippen LogP contribution is -2.57. The van der Waals surface area contributed by atoms with Crippen molar-refractivity contribution in [1.82, 2.24) is 0 Å². The van der Waals surface area contributed by atoms with Gasteiger partial charge in [0, 0.05) is 11.8 Å². The Balaban J connectivity index is 1.49. The lowest BCUT2D eigenvalue weighted by atomic mass is 9.42. The highest BCUT2D eigenvalue weighted by Crippen LogP contribution is 2.88. The van der Waals surface area contributed by atoms with Gasteiger partial charge in [0.1, 0.15) is 12.1 Å². The van der Waals surface area contributed by atoms with Gasteiger partial charge in [0.2, 0.25) is 0 Å². The number of aldehydes is 1. The van der Waals surface area contributed by atoms with Crippen LogP contribution in [-0.4, -0.2) is 12.1 Å². The molecule has 8 atom stereocenters. The summed E-state index contributed by atoms with van der Waals surface area (Å²) in [6.45, 7) is 12.1. The van der Waals surface area contributed by atoms with Crippen LogP contribution in [0.15, 0.2) is 12.2 Å². The molecule has 0 bridgehead atoms. The molecule has 5 rings (SSSR count). The molecule has 0 amide bonds. The fraction of sp³-hybridized carbons (Fsp3) is 0.852. The topological polar surface area (TPSA) is 34.1 Å². The molecule has 0 saturated heterocycles. The van der Waals surface area contributed by atoms with Crippen LogP contribution in [0.3, 0.4) is 0 Å². The van der Waals surface area contributed by atoms with E-state index >= 15 is 0 Å². The van der Waals surface area contributed by atoms with E-state index in [2.05, 4.69) is 40.7 Å². The predicted octanol–water partition coefficient (Wildman–Crippen LogP) is 6.39. The van der Waals surface area contributed by atoms with Crippen molar-refractivity contribution in [1.29, 1.82) is 0 Å². The number of hydrogen-bond acceptors (Lipinski definition) is 2. The summed E-state index contributed by atoms with van der Waals surface area (Å²) in [5, 5.41) is 0. The molecule has 5 aliphatic rings. The summed E-state index contributed by atoms with van der Waals surface area (Å²) < 4.78 is 0. The van der Waals surface area contributed by atoms with E-state index in [1.54, 1.807) is 6.08 Å². The minimum Gasteiger partial charge on any atom is -0.299 e. The average molecular weight is 397 g/mol. The van der Waals surface area contributed by atoms with Crippen molar-refractivity contribution >= 4 is 12.1 Å². The van der Waals surface area contributed by atoms with E-state index in [-0.39, 0.29) is 5.41 Å². The molecule has 5 saturated carbocycles. The molecule has 29 heavy (non-hydrogen) atoms. The Morgan fingerprint density at radius 3 is 2.31 bits per heavy atom. The molecule has 2 heteroatoms. The monoisotopic (exact) mass is 396 g/mol. The standard InChI is InChI=1S/C27H40O2/c1-18(7-6-16-28)19-10-12-25(5)21-9-8-20-23(2,3)22(29)11-13-26(20)17-27(21,26)15-14-24(19,25)4/h6-7,16,18-21H,8-15,17H2,1-5H3/b7-6+/t18-,19-,20+,21-,24-,25+,26-,27+/m1/s1. The van der Waals surface area contributed by atoms with Crippen LogP contribution in [0.1, 0.15) is 92.4 Å². The number of allylic oxidation sites excluding steroid dienone is 2. The summed E-state index contributed by atoms with van der Waals surface area (Å²) in [7, 11) is 0.